The molecular weight excluding hydrogens is 324 g/mol. The quantitative estimate of drug-likeness (QED) is 0.659. The highest BCUT2D eigenvalue weighted by atomic mass is 16.7. The summed E-state index contributed by atoms with van der Waals surface area (Å²) in [7, 11) is 0. The maximum atomic E-state index is 11.6. The van der Waals surface area contributed by atoms with Crippen LogP contribution in [0.1, 0.15) is 29.7 Å². The molecule has 1 aliphatic heterocycles. The Bertz CT molecular complexity index is 949. The minimum absolute atomic E-state index is 0.0115. The standard InChI is InChI=1S/C17H14N4O4/c18-7-11-16(9-3-1-2-4-12(9)20-17(11)19)10-5-14-15(25-8-24-14)6-13(10)21(22)23/h5-6H,1-4,8H2,(H2,19,20). The molecule has 2 aliphatic rings. The lowest BCUT2D eigenvalue weighted by Gasteiger charge is -2.21. The summed E-state index contributed by atoms with van der Waals surface area (Å²) in [6.07, 6.45) is 3.37. The minimum Gasteiger partial charge on any atom is -0.454 e. The van der Waals surface area contributed by atoms with Crippen molar-refractivity contribution in [2.75, 3.05) is 12.5 Å². The van der Waals surface area contributed by atoms with Crippen molar-refractivity contribution >= 4 is 11.5 Å². The van der Waals surface area contributed by atoms with E-state index in [0.717, 1.165) is 30.5 Å². The summed E-state index contributed by atoms with van der Waals surface area (Å²) in [6.45, 7) is 0.0115. The number of fused-ring (bicyclic) bond motifs is 2. The van der Waals surface area contributed by atoms with Crippen LogP contribution in [0.15, 0.2) is 12.1 Å². The number of nitrogen functional groups attached to an aromatic ring is 1. The van der Waals surface area contributed by atoms with Gasteiger partial charge in [-0.2, -0.15) is 5.26 Å². The number of nitrogens with zero attached hydrogens (tertiary/aromatic N) is 3. The zero-order valence-corrected chi connectivity index (χ0v) is 13.2. The molecule has 2 N–H and O–H groups in total. The van der Waals surface area contributed by atoms with E-state index >= 15 is 0 Å². The largest absolute Gasteiger partial charge is 0.454 e. The Labute approximate surface area is 142 Å². The highest BCUT2D eigenvalue weighted by Crippen LogP contribution is 2.46. The number of nitriles is 1. The van der Waals surface area contributed by atoms with Crippen molar-refractivity contribution < 1.29 is 14.4 Å². The summed E-state index contributed by atoms with van der Waals surface area (Å²) in [5, 5.41) is 21.2. The summed E-state index contributed by atoms with van der Waals surface area (Å²) in [4.78, 5) is 15.5. The smallest absolute Gasteiger partial charge is 0.281 e. The molecule has 8 heteroatoms. The van der Waals surface area contributed by atoms with E-state index in [4.69, 9.17) is 15.2 Å². The monoisotopic (exact) mass is 338 g/mol. The van der Waals surface area contributed by atoms with Crippen LogP contribution in [0.2, 0.25) is 0 Å². The maximum Gasteiger partial charge on any atom is 0.281 e. The molecule has 0 saturated heterocycles. The average molecular weight is 338 g/mol. The van der Waals surface area contributed by atoms with E-state index in [1.807, 2.05) is 0 Å². The topological polar surface area (TPSA) is 124 Å². The van der Waals surface area contributed by atoms with Crippen LogP contribution in [0.3, 0.4) is 0 Å². The summed E-state index contributed by atoms with van der Waals surface area (Å²) in [5.41, 5.74) is 8.49. The number of ether oxygens (including phenoxy) is 2. The van der Waals surface area contributed by atoms with E-state index < -0.39 is 4.92 Å². The van der Waals surface area contributed by atoms with Crippen LogP contribution in [-0.4, -0.2) is 16.7 Å². The second-order valence-electron chi connectivity index (χ2n) is 5.97. The first kappa shape index (κ1) is 15.2. The minimum atomic E-state index is -0.482. The molecule has 0 saturated carbocycles. The zero-order chi connectivity index (χ0) is 17.6. The molecule has 1 aromatic heterocycles. The van der Waals surface area contributed by atoms with Gasteiger partial charge in [0.25, 0.3) is 5.69 Å². The second kappa shape index (κ2) is 5.63. The van der Waals surface area contributed by atoms with Crippen molar-refractivity contribution in [1.82, 2.24) is 4.98 Å². The second-order valence-corrected chi connectivity index (χ2v) is 5.97. The Morgan fingerprint density at radius 1 is 1.24 bits per heavy atom. The summed E-state index contributed by atoms with van der Waals surface area (Å²) in [5.74, 6) is 0.847. The maximum absolute atomic E-state index is 11.6. The van der Waals surface area contributed by atoms with Crippen LogP contribution in [0.4, 0.5) is 11.5 Å². The van der Waals surface area contributed by atoms with Crippen LogP contribution in [0, 0.1) is 21.4 Å². The van der Waals surface area contributed by atoms with Gasteiger partial charge in [0.05, 0.1) is 16.6 Å². The first-order valence-corrected chi connectivity index (χ1v) is 7.90. The SMILES string of the molecule is N#Cc1c(N)nc2c(c1-c1cc3c(cc1[N+](=O)[O-])OCO3)CCCC2. The van der Waals surface area contributed by atoms with E-state index in [1.165, 1.54) is 6.07 Å². The molecule has 0 bridgehead atoms. The van der Waals surface area contributed by atoms with Crippen LogP contribution < -0.4 is 15.2 Å². The molecule has 0 unspecified atom stereocenters. The van der Waals surface area contributed by atoms with Gasteiger partial charge < -0.3 is 15.2 Å². The molecule has 0 fully saturated rings. The Hall–Kier alpha value is -3.34. The number of nitro benzene ring substituents is 1. The third-order valence-corrected chi connectivity index (χ3v) is 4.57. The Morgan fingerprint density at radius 2 is 1.96 bits per heavy atom. The van der Waals surface area contributed by atoms with E-state index in [9.17, 15) is 15.4 Å². The first-order valence-electron chi connectivity index (χ1n) is 7.90. The van der Waals surface area contributed by atoms with E-state index in [0.29, 0.717) is 29.0 Å². The number of aryl methyl sites for hydroxylation is 1. The molecule has 0 radical (unpaired) electrons. The van der Waals surface area contributed by atoms with Crippen molar-refractivity contribution in [1.29, 1.82) is 5.26 Å². The van der Waals surface area contributed by atoms with Gasteiger partial charge in [0.1, 0.15) is 17.5 Å². The van der Waals surface area contributed by atoms with Crippen LogP contribution in [0.25, 0.3) is 11.1 Å². The highest BCUT2D eigenvalue weighted by molar-refractivity contribution is 5.86. The molecule has 8 nitrogen and oxygen atoms in total. The van der Waals surface area contributed by atoms with Crippen LogP contribution in [-0.2, 0) is 12.8 Å². The lowest BCUT2D eigenvalue weighted by molar-refractivity contribution is -0.384. The van der Waals surface area contributed by atoms with E-state index in [2.05, 4.69) is 11.1 Å². The van der Waals surface area contributed by atoms with Gasteiger partial charge in [-0.15, -0.1) is 0 Å². The molecule has 126 valence electrons. The molecule has 25 heavy (non-hydrogen) atoms. The Morgan fingerprint density at radius 3 is 2.68 bits per heavy atom. The van der Waals surface area contributed by atoms with E-state index in [-0.39, 0.29) is 23.9 Å². The number of hydrogen-bond donors (Lipinski definition) is 1. The number of aromatic nitrogens is 1. The van der Waals surface area contributed by atoms with Crippen molar-refractivity contribution in [3.63, 3.8) is 0 Å². The number of pyridine rings is 1. The number of anilines is 1. The lowest BCUT2D eigenvalue weighted by atomic mass is 9.86. The van der Waals surface area contributed by atoms with Crippen molar-refractivity contribution in [3.8, 4) is 28.7 Å². The fourth-order valence-electron chi connectivity index (χ4n) is 3.46. The number of nitro groups is 1. The van der Waals surface area contributed by atoms with Gasteiger partial charge in [0.2, 0.25) is 6.79 Å². The predicted octanol–water partition coefficient (Wildman–Crippen LogP) is 2.72. The average Bonchev–Trinajstić information content (AvgIpc) is 3.06. The van der Waals surface area contributed by atoms with Gasteiger partial charge in [-0.25, -0.2) is 4.98 Å². The van der Waals surface area contributed by atoms with E-state index in [1.54, 1.807) is 6.07 Å². The fourth-order valence-corrected chi connectivity index (χ4v) is 3.46. The van der Waals surface area contributed by atoms with Gasteiger partial charge in [0.15, 0.2) is 11.5 Å². The predicted molar refractivity (Wildman–Crippen MR) is 88.2 cm³/mol. The molecule has 0 atom stereocenters. The van der Waals surface area contributed by atoms with Crippen molar-refractivity contribution in [2.45, 2.75) is 25.7 Å². The Balaban J connectivity index is 2.07. The van der Waals surface area contributed by atoms with Gasteiger partial charge in [0, 0.05) is 11.3 Å². The molecule has 1 aliphatic carbocycles. The van der Waals surface area contributed by atoms with Crippen LogP contribution in [0.5, 0.6) is 11.5 Å². The third kappa shape index (κ3) is 2.32. The molecule has 2 heterocycles. The van der Waals surface area contributed by atoms with Gasteiger partial charge in [-0.05, 0) is 37.3 Å². The zero-order valence-electron chi connectivity index (χ0n) is 13.2. The molecule has 4 rings (SSSR count). The summed E-state index contributed by atoms with van der Waals surface area (Å²) < 4.78 is 10.6. The lowest BCUT2D eigenvalue weighted by Crippen LogP contribution is -2.12. The van der Waals surface area contributed by atoms with Crippen LogP contribution >= 0.6 is 0 Å². The van der Waals surface area contributed by atoms with Crippen molar-refractivity contribution in [2.24, 2.45) is 0 Å². The molecule has 0 amide bonds. The first-order chi connectivity index (χ1) is 12.1. The molecular formula is C17H14N4O4. The molecule has 0 spiro atoms. The summed E-state index contributed by atoms with van der Waals surface area (Å²) >= 11 is 0. The Kier molecular flexibility index (Phi) is 3.42. The van der Waals surface area contributed by atoms with Crippen molar-refractivity contribution in [3.05, 3.63) is 39.1 Å². The van der Waals surface area contributed by atoms with Gasteiger partial charge >= 0.3 is 0 Å². The number of hydrogen-bond acceptors (Lipinski definition) is 7. The highest BCUT2D eigenvalue weighted by Gasteiger charge is 2.30. The van der Waals surface area contributed by atoms with Gasteiger partial charge in [-0.3, -0.25) is 10.1 Å². The normalized spacial score (nSPS) is 14.7. The summed E-state index contributed by atoms with van der Waals surface area (Å²) in [6, 6.07) is 4.96. The number of rotatable bonds is 2. The fraction of sp³-hybridized carbons (Fsp3) is 0.294. The molecule has 2 aromatic rings. The van der Waals surface area contributed by atoms with Gasteiger partial charge in [-0.1, -0.05) is 0 Å². The number of benzene rings is 1. The molecule has 1 aromatic carbocycles. The third-order valence-electron chi connectivity index (χ3n) is 4.57. The number of nitrogens with two attached hydrogens (primary N) is 1.